The zero-order valence-corrected chi connectivity index (χ0v) is 12.0. The van der Waals surface area contributed by atoms with Gasteiger partial charge in [0.1, 0.15) is 0 Å². The van der Waals surface area contributed by atoms with Crippen LogP contribution in [0, 0.1) is 0 Å². The summed E-state index contributed by atoms with van der Waals surface area (Å²) in [7, 11) is -2.07. The van der Waals surface area contributed by atoms with Crippen LogP contribution in [0.1, 0.15) is 6.42 Å². The largest absolute Gasteiger partial charge is 0.469 e. The highest BCUT2D eigenvalue weighted by Crippen LogP contribution is 2.13. The first kappa shape index (κ1) is 14.7. The van der Waals surface area contributed by atoms with Crippen molar-refractivity contribution in [2.45, 2.75) is 12.5 Å². The molecule has 0 bridgehead atoms. The monoisotopic (exact) mass is 291 g/mol. The number of esters is 1. The van der Waals surface area contributed by atoms with Gasteiger partial charge in [0.25, 0.3) is 0 Å². The van der Waals surface area contributed by atoms with Crippen molar-refractivity contribution in [2.24, 2.45) is 0 Å². The molecule has 0 spiro atoms. The predicted molar refractivity (Wildman–Crippen MR) is 70.2 cm³/mol. The summed E-state index contributed by atoms with van der Waals surface area (Å²) < 4.78 is 30.1. The molecule has 0 unspecified atom stereocenters. The van der Waals surface area contributed by atoms with Crippen LogP contribution >= 0.6 is 0 Å². The van der Waals surface area contributed by atoms with Crippen LogP contribution in [0.4, 0.5) is 0 Å². The molecule has 2 saturated heterocycles. The fourth-order valence-electron chi connectivity index (χ4n) is 2.32. The molecule has 0 aromatic carbocycles. The van der Waals surface area contributed by atoms with E-state index >= 15 is 0 Å². The summed E-state index contributed by atoms with van der Waals surface area (Å²) in [6.45, 7) is 4.55. The first-order chi connectivity index (χ1) is 9.03. The Labute approximate surface area is 113 Å². The van der Waals surface area contributed by atoms with Crippen molar-refractivity contribution in [1.29, 1.82) is 0 Å². The maximum Gasteiger partial charge on any atom is 0.306 e. The van der Waals surface area contributed by atoms with Gasteiger partial charge in [-0.15, -0.1) is 0 Å². The standard InChI is InChI=1S/C11H21N3O4S/c1-18-11(15)2-7-19(16,17)14-5-3-13(4-6-14)10-8-12-9-10/h10,12H,2-9H2,1H3. The molecule has 8 heteroatoms. The molecule has 0 amide bonds. The van der Waals surface area contributed by atoms with Crippen LogP contribution in [0.25, 0.3) is 0 Å². The van der Waals surface area contributed by atoms with Gasteiger partial charge in [-0.05, 0) is 0 Å². The van der Waals surface area contributed by atoms with E-state index in [0.717, 1.165) is 26.2 Å². The van der Waals surface area contributed by atoms with E-state index in [9.17, 15) is 13.2 Å². The molecule has 1 N–H and O–H groups in total. The topological polar surface area (TPSA) is 79.0 Å². The number of ether oxygens (including phenoxy) is 1. The molecule has 2 rings (SSSR count). The summed E-state index contributed by atoms with van der Waals surface area (Å²) in [6, 6.07) is 0.555. The number of methoxy groups -OCH3 is 1. The van der Waals surface area contributed by atoms with Crippen molar-refractivity contribution in [3.8, 4) is 0 Å². The molecule has 2 aliphatic rings. The third-order valence-corrected chi connectivity index (χ3v) is 5.61. The van der Waals surface area contributed by atoms with Crippen LogP contribution in [0.2, 0.25) is 0 Å². The molecule has 0 radical (unpaired) electrons. The Kier molecular flexibility index (Phi) is 4.77. The van der Waals surface area contributed by atoms with E-state index in [1.54, 1.807) is 0 Å². The third-order valence-electron chi connectivity index (χ3n) is 3.73. The van der Waals surface area contributed by atoms with E-state index in [1.165, 1.54) is 11.4 Å². The van der Waals surface area contributed by atoms with Crippen LogP contribution in [-0.2, 0) is 19.6 Å². The second-order valence-electron chi connectivity index (χ2n) is 4.89. The van der Waals surface area contributed by atoms with Crippen molar-refractivity contribution in [2.75, 3.05) is 52.1 Å². The molecule has 2 fully saturated rings. The van der Waals surface area contributed by atoms with Gasteiger partial charge in [-0.2, -0.15) is 4.31 Å². The molecule has 2 heterocycles. The first-order valence-corrected chi connectivity index (χ1v) is 8.13. The molecule has 0 saturated carbocycles. The van der Waals surface area contributed by atoms with Gasteiger partial charge in [0.2, 0.25) is 10.0 Å². The van der Waals surface area contributed by atoms with Crippen molar-refractivity contribution in [3.05, 3.63) is 0 Å². The van der Waals surface area contributed by atoms with E-state index in [0.29, 0.717) is 19.1 Å². The zero-order chi connectivity index (χ0) is 13.9. The van der Waals surface area contributed by atoms with E-state index < -0.39 is 16.0 Å². The number of piperazine rings is 1. The van der Waals surface area contributed by atoms with E-state index in [-0.39, 0.29) is 12.2 Å². The second kappa shape index (κ2) is 6.17. The van der Waals surface area contributed by atoms with Gasteiger partial charge in [0, 0.05) is 45.3 Å². The van der Waals surface area contributed by atoms with Crippen LogP contribution < -0.4 is 5.32 Å². The molecule has 7 nitrogen and oxygen atoms in total. The fourth-order valence-corrected chi connectivity index (χ4v) is 3.72. The quantitative estimate of drug-likeness (QED) is 0.619. The predicted octanol–water partition coefficient (Wildman–Crippen LogP) is -1.53. The van der Waals surface area contributed by atoms with Crippen molar-refractivity contribution < 1.29 is 17.9 Å². The Morgan fingerprint density at radius 1 is 1.26 bits per heavy atom. The van der Waals surface area contributed by atoms with Crippen molar-refractivity contribution >= 4 is 16.0 Å². The minimum Gasteiger partial charge on any atom is -0.469 e. The number of rotatable bonds is 5. The number of hydrogen-bond acceptors (Lipinski definition) is 6. The number of nitrogens with zero attached hydrogens (tertiary/aromatic N) is 2. The number of nitrogens with one attached hydrogen (secondary N) is 1. The second-order valence-corrected chi connectivity index (χ2v) is 6.98. The molecule has 0 atom stereocenters. The Morgan fingerprint density at radius 2 is 1.89 bits per heavy atom. The molecule has 0 aliphatic carbocycles. The van der Waals surface area contributed by atoms with Crippen molar-refractivity contribution in [3.63, 3.8) is 0 Å². The lowest BCUT2D eigenvalue weighted by Crippen LogP contribution is -2.62. The Hall–Kier alpha value is -0.700. The smallest absolute Gasteiger partial charge is 0.306 e. The Balaban J connectivity index is 1.80. The molecule has 2 aliphatic heterocycles. The molecule has 110 valence electrons. The number of carbonyl (C=O) groups is 1. The van der Waals surface area contributed by atoms with Gasteiger partial charge in [-0.3, -0.25) is 9.69 Å². The molecule has 0 aromatic heterocycles. The highest BCUT2D eigenvalue weighted by molar-refractivity contribution is 7.89. The van der Waals surface area contributed by atoms with Gasteiger partial charge in [-0.25, -0.2) is 8.42 Å². The summed E-state index contributed by atoms with van der Waals surface area (Å²) in [4.78, 5) is 13.3. The Bertz CT molecular complexity index is 414. The van der Waals surface area contributed by atoms with E-state index in [4.69, 9.17) is 0 Å². The maximum absolute atomic E-state index is 12.1. The average Bonchev–Trinajstić information content (AvgIpc) is 2.35. The number of sulfonamides is 1. The van der Waals surface area contributed by atoms with Gasteiger partial charge in [0.15, 0.2) is 0 Å². The molecule has 0 aromatic rings. The van der Waals surface area contributed by atoms with Crippen LogP contribution in [0.3, 0.4) is 0 Å². The van der Waals surface area contributed by atoms with Gasteiger partial charge >= 0.3 is 5.97 Å². The number of hydrogen-bond donors (Lipinski definition) is 1. The van der Waals surface area contributed by atoms with Crippen LogP contribution in [0.5, 0.6) is 0 Å². The van der Waals surface area contributed by atoms with Gasteiger partial charge < -0.3 is 10.1 Å². The summed E-state index contributed by atoms with van der Waals surface area (Å²) in [6.07, 6.45) is -0.0778. The van der Waals surface area contributed by atoms with Crippen LogP contribution in [-0.4, -0.2) is 81.8 Å². The summed E-state index contributed by atoms with van der Waals surface area (Å²) in [5.41, 5.74) is 0. The number of carbonyl (C=O) groups excluding carboxylic acids is 1. The summed E-state index contributed by atoms with van der Waals surface area (Å²) >= 11 is 0. The first-order valence-electron chi connectivity index (χ1n) is 6.52. The normalized spacial score (nSPS) is 23.0. The minimum absolute atomic E-state index is 0.0778. The summed E-state index contributed by atoms with van der Waals surface area (Å²) in [5.74, 6) is -0.646. The van der Waals surface area contributed by atoms with Gasteiger partial charge in [-0.1, -0.05) is 0 Å². The van der Waals surface area contributed by atoms with E-state index in [1.807, 2.05) is 0 Å². The molecular weight excluding hydrogens is 270 g/mol. The Morgan fingerprint density at radius 3 is 2.37 bits per heavy atom. The SMILES string of the molecule is COC(=O)CCS(=O)(=O)N1CCN(C2CNC2)CC1. The van der Waals surface area contributed by atoms with E-state index in [2.05, 4.69) is 15.0 Å². The highest BCUT2D eigenvalue weighted by atomic mass is 32.2. The summed E-state index contributed by atoms with van der Waals surface area (Å²) in [5, 5.41) is 3.21. The van der Waals surface area contributed by atoms with Crippen LogP contribution in [0.15, 0.2) is 0 Å². The highest BCUT2D eigenvalue weighted by Gasteiger charge is 2.32. The lowest BCUT2D eigenvalue weighted by Gasteiger charge is -2.42. The molecule has 19 heavy (non-hydrogen) atoms. The fraction of sp³-hybridized carbons (Fsp3) is 0.909. The third kappa shape index (κ3) is 3.65. The lowest BCUT2D eigenvalue weighted by molar-refractivity contribution is -0.140. The maximum atomic E-state index is 12.1. The minimum atomic E-state index is -3.34. The lowest BCUT2D eigenvalue weighted by atomic mass is 10.1. The molecular formula is C11H21N3O4S. The average molecular weight is 291 g/mol. The zero-order valence-electron chi connectivity index (χ0n) is 11.2. The van der Waals surface area contributed by atoms with Crippen molar-refractivity contribution in [1.82, 2.24) is 14.5 Å². The van der Waals surface area contributed by atoms with Gasteiger partial charge in [0.05, 0.1) is 19.3 Å².